The molecule has 10 heteroatoms. The maximum Gasteiger partial charge on any atom is 0.328 e. The molecule has 0 aliphatic carbocycles. The molecule has 0 atom stereocenters. The molecule has 0 N–H and O–H groups in total. The highest BCUT2D eigenvalue weighted by molar-refractivity contribution is 7.89. The fourth-order valence-electron chi connectivity index (χ4n) is 3.49. The highest BCUT2D eigenvalue weighted by Gasteiger charge is 2.31. The molecule has 1 aliphatic rings. The first kappa shape index (κ1) is 17.7. The first-order valence-corrected chi connectivity index (χ1v) is 9.85. The van der Waals surface area contributed by atoms with Gasteiger partial charge in [0.25, 0.3) is 5.56 Å². The fourth-order valence-corrected chi connectivity index (χ4v) is 4.92. The molecule has 0 radical (unpaired) electrons. The van der Waals surface area contributed by atoms with Crippen molar-refractivity contribution in [2.45, 2.75) is 17.9 Å². The van der Waals surface area contributed by atoms with Crippen LogP contribution in [0.4, 0.5) is 0 Å². The molecule has 0 saturated heterocycles. The lowest BCUT2D eigenvalue weighted by molar-refractivity contribution is 0.382. The van der Waals surface area contributed by atoms with Gasteiger partial charge >= 0.3 is 5.69 Å². The highest BCUT2D eigenvalue weighted by atomic mass is 32.2. The number of sulfonamides is 1. The molecule has 142 valence electrons. The third-order valence-electron chi connectivity index (χ3n) is 5.13. The van der Waals surface area contributed by atoms with E-state index in [9.17, 15) is 18.0 Å². The van der Waals surface area contributed by atoms with Gasteiger partial charge in [-0.2, -0.15) is 4.31 Å². The molecule has 0 amide bonds. The molecule has 0 fully saturated rings. The number of rotatable bonds is 2. The zero-order valence-corrected chi connectivity index (χ0v) is 16.0. The van der Waals surface area contributed by atoms with Crippen LogP contribution in [0.2, 0.25) is 0 Å². The molecular formula is C17H19N5O4S. The van der Waals surface area contributed by atoms with Crippen LogP contribution in [0.3, 0.4) is 0 Å². The number of nitrogens with zero attached hydrogens (tertiary/aromatic N) is 5. The molecule has 3 aromatic rings. The van der Waals surface area contributed by atoms with E-state index in [1.807, 2.05) is 0 Å². The van der Waals surface area contributed by atoms with Gasteiger partial charge in [0.05, 0.1) is 34.5 Å². The maximum absolute atomic E-state index is 13.1. The number of benzene rings is 1. The third kappa shape index (κ3) is 2.55. The first-order valence-electron chi connectivity index (χ1n) is 8.41. The van der Waals surface area contributed by atoms with Crippen molar-refractivity contribution in [3.63, 3.8) is 0 Å². The Bertz CT molecular complexity index is 1300. The summed E-state index contributed by atoms with van der Waals surface area (Å²) in [6, 6.07) is 4.65. The van der Waals surface area contributed by atoms with E-state index in [4.69, 9.17) is 0 Å². The van der Waals surface area contributed by atoms with Gasteiger partial charge in [-0.15, -0.1) is 0 Å². The molecule has 0 unspecified atom stereocenters. The standard InChI is InChI=1S/C17H19N5O4S/c1-19-10-18-13-9-22(7-6-12(13)16(19)23)27(25,26)11-4-5-14-15(8-11)21(3)17(24)20(14)2/h4-5,8,10H,6-7,9H2,1-3H3. The number of fused-ring (bicyclic) bond motifs is 2. The minimum atomic E-state index is -3.78. The van der Waals surface area contributed by atoms with E-state index in [2.05, 4.69) is 4.98 Å². The second-order valence-electron chi connectivity index (χ2n) is 6.73. The first-order chi connectivity index (χ1) is 12.7. The zero-order chi connectivity index (χ0) is 19.5. The van der Waals surface area contributed by atoms with Gasteiger partial charge in [-0.3, -0.25) is 13.9 Å². The largest absolute Gasteiger partial charge is 0.328 e. The van der Waals surface area contributed by atoms with Crippen molar-refractivity contribution in [3.8, 4) is 0 Å². The number of aryl methyl sites for hydroxylation is 3. The monoisotopic (exact) mass is 389 g/mol. The highest BCUT2D eigenvalue weighted by Crippen LogP contribution is 2.25. The topological polar surface area (TPSA) is 99.2 Å². The van der Waals surface area contributed by atoms with Crippen molar-refractivity contribution in [1.29, 1.82) is 0 Å². The summed E-state index contributed by atoms with van der Waals surface area (Å²) in [4.78, 5) is 28.6. The molecule has 1 aromatic carbocycles. The van der Waals surface area contributed by atoms with Crippen molar-refractivity contribution >= 4 is 21.1 Å². The van der Waals surface area contributed by atoms with Gasteiger partial charge in [-0.25, -0.2) is 18.2 Å². The van der Waals surface area contributed by atoms with Crippen molar-refractivity contribution in [1.82, 2.24) is 23.0 Å². The maximum atomic E-state index is 13.1. The van der Waals surface area contributed by atoms with Crippen LogP contribution < -0.4 is 11.2 Å². The van der Waals surface area contributed by atoms with E-state index < -0.39 is 10.0 Å². The van der Waals surface area contributed by atoms with E-state index in [0.29, 0.717) is 28.7 Å². The SMILES string of the molecule is Cn1cnc2c(c1=O)CCN(S(=O)(=O)c1ccc3c(c1)n(C)c(=O)n3C)C2. The quantitative estimate of drug-likeness (QED) is 0.600. The van der Waals surface area contributed by atoms with Gasteiger partial charge in [-0.05, 0) is 24.6 Å². The van der Waals surface area contributed by atoms with Gasteiger partial charge in [0.2, 0.25) is 10.0 Å². The van der Waals surface area contributed by atoms with Crippen molar-refractivity contribution < 1.29 is 8.42 Å². The van der Waals surface area contributed by atoms with Gasteiger partial charge in [0.1, 0.15) is 0 Å². The molecule has 0 spiro atoms. The molecule has 27 heavy (non-hydrogen) atoms. The normalized spacial score (nSPS) is 15.2. The fraction of sp³-hybridized carbons (Fsp3) is 0.353. The predicted molar refractivity (Wildman–Crippen MR) is 98.9 cm³/mol. The number of hydrogen-bond acceptors (Lipinski definition) is 5. The molecule has 2 aromatic heterocycles. The Labute approximate surface area is 155 Å². The van der Waals surface area contributed by atoms with Gasteiger partial charge in [0.15, 0.2) is 0 Å². The summed E-state index contributed by atoms with van der Waals surface area (Å²) in [5.41, 5.74) is 1.90. The summed E-state index contributed by atoms with van der Waals surface area (Å²) in [5, 5.41) is 0. The lowest BCUT2D eigenvalue weighted by Crippen LogP contribution is -2.40. The van der Waals surface area contributed by atoms with Crippen LogP contribution in [0.5, 0.6) is 0 Å². The van der Waals surface area contributed by atoms with Crippen LogP contribution in [0.1, 0.15) is 11.3 Å². The average molecular weight is 389 g/mol. The van der Waals surface area contributed by atoms with Crippen LogP contribution in [-0.2, 0) is 44.1 Å². The summed E-state index contributed by atoms with van der Waals surface area (Å²) < 4.78 is 31.8. The lowest BCUT2D eigenvalue weighted by atomic mass is 10.1. The van der Waals surface area contributed by atoms with E-state index in [1.54, 1.807) is 27.2 Å². The Morgan fingerprint density at radius 2 is 1.74 bits per heavy atom. The minimum Gasteiger partial charge on any atom is -0.302 e. The molecule has 3 heterocycles. The Kier molecular flexibility index (Phi) is 3.86. The third-order valence-corrected chi connectivity index (χ3v) is 6.97. The van der Waals surface area contributed by atoms with Crippen LogP contribution in [-0.4, -0.2) is 38.0 Å². The van der Waals surface area contributed by atoms with Gasteiger partial charge in [-0.1, -0.05) is 0 Å². The molecule has 0 saturated carbocycles. The molecular weight excluding hydrogens is 370 g/mol. The molecule has 4 rings (SSSR count). The Hall–Kier alpha value is -2.72. The lowest BCUT2D eigenvalue weighted by Gasteiger charge is -2.27. The van der Waals surface area contributed by atoms with Crippen LogP contribution >= 0.6 is 0 Å². The minimum absolute atomic E-state index is 0.0551. The van der Waals surface area contributed by atoms with E-state index >= 15 is 0 Å². The Morgan fingerprint density at radius 1 is 1.04 bits per heavy atom. The summed E-state index contributed by atoms with van der Waals surface area (Å²) in [6.45, 7) is 0.265. The van der Waals surface area contributed by atoms with Crippen molar-refractivity contribution in [2.24, 2.45) is 21.1 Å². The predicted octanol–water partition coefficient (Wildman–Crippen LogP) is -0.282. The van der Waals surface area contributed by atoms with Crippen LogP contribution in [0.25, 0.3) is 11.0 Å². The number of aromatic nitrogens is 4. The molecule has 9 nitrogen and oxygen atoms in total. The molecule has 1 aliphatic heterocycles. The second-order valence-corrected chi connectivity index (χ2v) is 8.66. The number of hydrogen-bond donors (Lipinski definition) is 0. The summed E-state index contributed by atoms with van der Waals surface area (Å²) in [5.74, 6) is 0. The second kappa shape index (κ2) is 5.89. The van der Waals surface area contributed by atoms with Crippen molar-refractivity contribution in [2.75, 3.05) is 6.54 Å². The smallest absolute Gasteiger partial charge is 0.302 e. The van der Waals surface area contributed by atoms with Gasteiger partial charge in [0, 0.05) is 33.3 Å². The van der Waals surface area contributed by atoms with Crippen LogP contribution in [0.15, 0.2) is 39.0 Å². The van der Waals surface area contributed by atoms with Gasteiger partial charge < -0.3 is 4.57 Å². The summed E-state index contributed by atoms with van der Waals surface area (Å²) >= 11 is 0. The van der Waals surface area contributed by atoms with E-state index in [1.165, 1.54) is 36.5 Å². The van der Waals surface area contributed by atoms with Crippen molar-refractivity contribution in [3.05, 3.63) is 56.6 Å². The Balaban J connectivity index is 1.77. The number of imidazole rings is 1. The van der Waals surface area contributed by atoms with E-state index in [0.717, 1.165) is 0 Å². The van der Waals surface area contributed by atoms with E-state index in [-0.39, 0.29) is 29.2 Å². The Morgan fingerprint density at radius 3 is 2.48 bits per heavy atom. The van der Waals surface area contributed by atoms with Crippen LogP contribution in [0, 0.1) is 0 Å². The summed E-state index contributed by atoms with van der Waals surface area (Å²) in [7, 11) is 1.10. The summed E-state index contributed by atoms with van der Waals surface area (Å²) in [6.07, 6.45) is 1.73. The molecule has 0 bridgehead atoms. The zero-order valence-electron chi connectivity index (χ0n) is 15.2. The average Bonchev–Trinajstić information content (AvgIpc) is 2.88.